The quantitative estimate of drug-likeness (QED) is 0.473. The zero-order chi connectivity index (χ0) is 12.6. The lowest BCUT2D eigenvalue weighted by atomic mass is 9.84. The van der Waals surface area contributed by atoms with Crippen LogP contribution in [0.15, 0.2) is 68.3 Å². The second-order valence-electron chi connectivity index (χ2n) is 3.99. The van der Waals surface area contributed by atoms with Gasteiger partial charge in [-0.05, 0) is 25.0 Å². The summed E-state index contributed by atoms with van der Waals surface area (Å²) in [5, 5.41) is 0. The van der Waals surface area contributed by atoms with Gasteiger partial charge in [0.25, 0.3) is 0 Å². The predicted octanol–water partition coefficient (Wildman–Crippen LogP) is 4.39. The van der Waals surface area contributed by atoms with Crippen molar-refractivity contribution in [2.75, 3.05) is 6.61 Å². The molecule has 0 fully saturated rings. The maximum absolute atomic E-state index is 5.63. The molecule has 1 aromatic rings. The largest absolute Gasteiger partial charge is 0.494 e. The van der Waals surface area contributed by atoms with Gasteiger partial charge in [-0.15, -0.1) is 19.7 Å². The Morgan fingerprint density at radius 2 is 1.59 bits per heavy atom. The van der Waals surface area contributed by atoms with Gasteiger partial charge in [-0.1, -0.05) is 36.4 Å². The summed E-state index contributed by atoms with van der Waals surface area (Å²) in [5.74, 6) is 0.911. The molecule has 0 aliphatic heterocycles. The zero-order valence-electron chi connectivity index (χ0n) is 10.3. The van der Waals surface area contributed by atoms with E-state index in [0.717, 1.165) is 18.6 Å². The summed E-state index contributed by atoms with van der Waals surface area (Å²) in [5.41, 5.74) is -0.167. The molecule has 0 aliphatic rings. The maximum atomic E-state index is 5.63. The Bertz CT molecular complexity index is 343. The second-order valence-corrected chi connectivity index (χ2v) is 3.99. The fourth-order valence-corrected chi connectivity index (χ4v) is 1.64. The van der Waals surface area contributed by atoms with Crippen LogP contribution in [-0.2, 0) is 0 Å². The zero-order valence-corrected chi connectivity index (χ0v) is 10.3. The lowest BCUT2D eigenvalue weighted by Gasteiger charge is -2.22. The van der Waals surface area contributed by atoms with E-state index in [1.165, 1.54) is 0 Å². The summed E-state index contributed by atoms with van der Waals surface area (Å²) in [4.78, 5) is 0. The van der Waals surface area contributed by atoms with E-state index in [2.05, 4.69) is 19.7 Å². The number of benzene rings is 1. The van der Waals surface area contributed by atoms with Crippen molar-refractivity contribution < 1.29 is 4.74 Å². The van der Waals surface area contributed by atoms with E-state index in [4.69, 9.17) is 4.74 Å². The van der Waals surface area contributed by atoms with Crippen LogP contribution in [0.2, 0.25) is 0 Å². The highest BCUT2D eigenvalue weighted by atomic mass is 16.5. The number of hydrogen-bond acceptors (Lipinski definition) is 1. The van der Waals surface area contributed by atoms with Gasteiger partial charge in [-0.2, -0.15) is 0 Å². The highest BCUT2D eigenvalue weighted by molar-refractivity contribution is 5.21. The van der Waals surface area contributed by atoms with Crippen LogP contribution in [0, 0.1) is 5.41 Å². The first-order chi connectivity index (χ1) is 8.26. The Morgan fingerprint density at radius 1 is 1.00 bits per heavy atom. The Balaban J connectivity index is 2.35. The third kappa shape index (κ3) is 3.95. The van der Waals surface area contributed by atoms with Crippen molar-refractivity contribution in [3.63, 3.8) is 0 Å². The molecule has 1 rings (SSSR count). The van der Waals surface area contributed by atoms with E-state index in [1.54, 1.807) is 0 Å². The van der Waals surface area contributed by atoms with E-state index >= 15 is 0 Å². The van der Waals surface area contributed by atoms with Gasteiger partial charge in [0.15, 0.2) is 0 Å². The molecule has 1 heteroatoms. The Labute approximate surface area is 104 Å². The second kappa shape index (κ2) is 6.74. The summed E-state index contributed by atoms with van der Waals surface area (Å²) in [7, 11) is 0. The third-order valence-corrected chi connectivity index (χ3v) is 2.91. The molecule has 0 aliphatic carbocycles. The molecule has 0 radical (unpaired) electrons. The lowest BCUT2D eigenvalue weighted by molar-refractivity contribution is 0.295. The van der Waals surface area contributed by atoms with Crippen molar-refractivity contribution >= 4 is 0 Å². The maximum Gasteiger partial charge on any atom is 0.119 e. The molecule has 90 valence electrons. The van der Waals surface area contributed by atoms with Crippen LogP contribution in [0.3, 0.4) is 0 Å². The van der Waals surface area contributed by atoms with Gasteiger partial charge in [0.1, 0.15) is 5.75 Å². The smallest absolute Gasteiger partial charge is 0.119 e. The van der Waals surface area contributed by atoms with Gasteiger partial charge < -0.3 is 4.74 Å². The number of ether oxygens (including phenoxy) is 1. The van der Waals surface area contributed by atoms with Gasteiger partial charge in [0, 0.05) is 5.41 Å². The van der Waals surface area contributed by atoms with Gasteiger partial charge in [0.05, 0.1) is 6.61 Å². The van der Waals surface area contributed by atoms with Crippen LogP contribution in [0.1, 0.15) is 12.8 Å². The summed E-state index contributed by atoms with van der Waals surface area (Å²) in [6.45, 7) is 12.2. The fraction of sp³-hybridized carbons (Fsp3) is 0.250. The Kier molecular flexibility index (Phi) is 5.28. The molecule has 0 heterocycles. The van der Waals surface area contributed by atoms with Crippen LogP contribution in [0.5, 0.6) is 5.75 Å². The highest BCUT2D eigenvalue weighted by Crippen LogP contribution is 2.27. The van der Waals surface area contributed by atoms with Crippen molar-refractivity contribution in [1.82, 2.24) is 0 Å². The van der Waals surface area contributed by atoms with Gasteiger partial charge in [-0.25, -0.2) is 0 Å². The van der Waals surface area contributed by atoms with Crippen LogP contribution < -0.4 is 4.74 Å². The topological polar surface area (TPSA) is 9.23 Å². The molecule has 0 bridgehead atoms. The molecular weight excluding hydrogens is 208 g/mol. The molecule has 17 heavy (non-hydrogen) atoms. The van der Waals surface area contributed by atoms with Crippen LogP contribution >= 0.6 is 0 Å². The van der Waals surface area contributed by atoms with Crippen LogP contribution in [0.4, 0.5) is 0 Å². The molecule has 0 aromatic heterocycles. The summed E-state index contributed by atoms with van der Waals surface area (Å²) >= 11 is 0. The number of rotatable bonds is 8. The molecule has 0 saturated carbocycles. The third-order valence-electron chi connectivity index (χ3n) is 2.91. The minimum absolute atomic E-state index is 0.167. The molecule has 1 nitrogen and oxygen atoms in total. The summed E-state index contributed by atoms with van der Waals surface area (Å²) in [6, 6.07) is 9.84. The van der Waals surface area contributed by atoms with E-state index in [9.17, 15) is 0 Å². The minimum Gasteiger partial charge on any atom is -0.494 e. The van der Waals surface area contributed by atoms with Gasteiger partial charge in [0.2, 0.25) is 0 Å². The molecule has 1 aromatic carbocycles. The van der Waals surface area contributed by atoms with Crippen molar-refractivity contribution in [3.05, 3.63) is 68.3 Å². The predicted molar refractivity (Wildman–Crippen MR) is 74.2 cm³/mol. The van der Waals surface area contributed by atoms with Crippen molar-refractivity contribution in [1.29, 1.82) is 0 Å². The SMILES string of the molecule is C=CC(C=C)(C=C)CCCOc1ccccc1. The first-order valence-electron chi connectivity index (χ1n) is 5.85. The number of para-hydroxylation sites is 1. The summed E-state index contributed by atoms with van der Waals surface area (Å²) < 4.78 is 5.63. The molecular formula is C16H20O. The van der Waals surface area contributed by atoms with Gasteiger partial charge >= 0.3 is 0 Å². The molecule has 0 atom stereocenters. The molecule has 0 spiro atoms. The average Bonchev–Trinajstić information content (AvgIpc) is 2.41. The Hall–Kier alpha value is -1.76. The fourth-order valence-electron chi connectivity index (χ4n) is 1.64. The first kappa shape index (κ1) is 13.3. The van der Waals surface area contributed by atoms with Crippen LogP contribution in [0.25, 0.3) is 0 Å². The minimum atomic E-state index is -0.167. The normalized spacial score (nSPS) is 10.6. The van der Waals surface area contributed by atoms with Crippen LogP contribution in [-0.4, -0.2) is 6.61 Å². The van der Waals surface area contributed by atoms with E-state index in [0.29, 0.717) is 6.61 Å². The molecule has 0 unspecified atom stereocenters. The molecule has 0 N–H and O–H groups in total. The van der Waals surface area contributed by atoms with Crippen molar-refractivity contribution in [3.8, 4) is 5.75 Å². The monoisotopic (exact) mass is 228 g/mol. The average molecular weight is 228 g/mol. The molecule has 0 saturated heterocycles. The Morgan fingerprint density at radius 3 is 2.12 bits per heavy atom. The van der Waals surface area contributed by atoms with E-state index in [1.807, 2.05) is 48.6 Å². The van der Waals surface area contributed by atoms with Crippen molar-refractivity contribution in [2.45, 2.75) is 12.8 Å². The molecule has 0 amide bonds. The van der Waals surface area contributed by atoms with E-state index < -0.39 is 0 Å². The summed E-state index contributed by atoms with van der Waals surface area (Å²) in [6.07, 6.45) is 7.52. The lowest BCUT2D eigenvalue weighted by Crippen LogP contribution is -2.12. The number of allylic oxidation sites excluding steroid dienone is 3. The highest BCUT2D eigenvalue weighted by Gasteiger charge is 2.17. The van der Waals surface area contributed by atoms with Gasteiger partial charge in [-0.3, -0.25) is 0 Å². The van der Waals surface area contributed by atoms with E-state index in [-0.39, 0.29) is 5.41 Å². The standard InChI is InChI=1S/C16H20O/c1-4-16(5-2,6-3)13-10-14-17-15-11-8-7-9-12-15/h4-9,11-12H,1-3,10,13-14H2. The first-order valence-corrected chi connectivity index (χ1v) is 5.85. The number of hydrogen-bond donors (Lipinski definition) is 0. The van der Waals surface area contributed by atoms with Crippen molar-refractivity contribution in [2.24, 2.45) is 5.41 Å².